The number of para-hydroxylation sites is 1. The van der Waals surface area contributed by atoms with E-state index in [2.05, 4.69) is 16.0 Å². The third-order valence-electron chi connectivity index (χ3n) is 3.39. The van der Waals surface area contributed by atoms with Crippen LogP contribution in [0.4, 0.5) is 5.69 Å². The second-order valence-electron chi connectivity index (χ2n) is 4.78. The Morgan fingerprint density at radius 3 is 2.84 bits per heavy atom. The molecule has 0 saturated heterocycles. The Bertz CT molecular complexity index is 487. The van der Waals surface area contributed by atoms with Crippen LogP contribution in [0.3, 0.4) is 0 Å². The van der Waals surface area contributed by atoms with Crippen molar-refractivity contribution in [3.63, 3.8) is 0 Å². The summed E-state index contributed by atoms with van der Waals surface area (Å²) in [5.41, 5.74) is 2.23. The molecule has 2 atom stereocenters. The highest BCUT2D eigenvalue weighted by Crippen LogP contribution is 2.24. The SMILES string of the molecule is CNC(=O)C(C)NC(=O)C1CNc2ccccc2C1. The minimum Gasteiger partial charge on any atom is -0.384 e. The molecule has 19 heavy (non-hydrogen) atoms. The van der Waals surface area contributed by atoms with Gasteiger partial charge < -0.3 is 16.0 Å². The van der Waals surface area contributed by atoms with Crippen molar-refractivity contribution < 1.29 is 9.59 Å². The Labute approximate surface area is 112 Å². The van der Waals surface area contributed by atoms with Crippen LogP contribution in [-0.2, 0) is 16.0 Å². The summed E-state index contributed by atoms with van der Waals surface area (Å²) in [6.45, 7) is 2.28. The summed E-state index contributed by atoms with van der Waals surface area (Å²) in [4.78, 5) is 23.5. The van der Waals surface area contributed by atoms with Crippen LogP contribution in [0.15, 0.2) is 24.3 Å². The molecule has 1 aromatic rings. The average molecular weight is 261 g/mol. The number of amides is 2. The molecule has 102 valence electrons. The molecule has 2 amide bonds. The van der Waals surface area contributed by atoms with Gasteiger partial charge in [0.1, 0.15) is 6.04 Å². The average Bonchev–Trinajstić information content (AvgIpc) is 2.45. The largest absolute Gasteiger partial charge is 0.384 e. The summed E-state index contributed by atoms with van der Waals surface area (Å²) in [5, 5.41) is 8.51. The summed E-state index contributed by atoms with van der Waals surface area (Å²) >= 11 is 0. The van der Waals surface area contributed by atoms with Gasteiger partial charge >= 0.3 is 0 Å². The van der Waals surface area contributed by atoms with Gasteiger partial charge in [-0.3, -0.25) is 9.59 Å². The van der Waals surface area contributed by atoms with Crippen molar-refractivity contribution in [2.24, 2.45) is 5.92 Å². The Hall–Kier alpha value is -2.04. The minimum atomic E-state index is -0.505. The fourth-order valence-corrected chi connectivity index (χ4v) is 2.24. The van der Waals surface area contributed by atoms with Gasteiger partial charge in [0.2, 0.25) is 11.8 Å². The van der Waals surface area contributed by atoms with Gasteiger partial charge in [-0.05, 0) is 25.0 Å². The van der Waals surface area contributed by atoms with Crippen molar-refractivity contribution in [3.05, 3.63) is 29.8 Å². The maximum absolute atomic E-state index is 12.1. The molecule has 0 fully saturated rings. The Morgan fingerprint density at radius 2 is 2.11 bits per heavy atom. The summed E-state index contributed by atoms with van der Waals surface area (Å²) in [6.07, 6.45) is 0.704. The normalized spacial score (nSPS) is 18.7. The van der Waals surface area contributed by atoms with Gasteiger partial charge in [-0.25, -0.2) is 0 Å². The monoisotopic (exact) mass is 261 g/mol. The first-order valence-electron chi connectivity index (χ1n) is 6.45. The number of nitrogens with one attached hydrogen (secondary N) is 3. The molecule has 1 aromatic carbocycles. The lowest BCUT2D eigenvalue weighted by Crippen LogP contribution is -2.47. The van der Waals surface area contributed by atoms with E-state index < -0.39 is 6.04 Å². The third-order valence-corrected chi connectivity index (χ3v) is 3.39. The number of hydrogen-bond acceptors (Lipinski definition) is 3. The molecule has 3 N–H and O–H groups in total. The number of rotatable bonds is 3. The highest BCUT2D eigenvalue weighted by Gasteiger charge is 2.26. The van der Waals surface area contributed by atoms with Gasteiger partial charge in [0.15, 0.2) is 0 Å². The van der Waals surface area contributed by atoms with Crippen molar-refractivity contribution in [2.75, 3.05) is 18.9 Å². The van der Waals surface area contributed by atoms with Crippen molar-refractivity contribution in [2.45, 2.75) is 19.4 Å². The van der Waals surface area contributed by atoms with E-state index in [0.29, 0.717) is 13.0 Å². The minimum absolute atomic E-state index is 0.0851. The fourth-order valence-electron chi connectivity index (χ4n) is 2.24. The zero-order valence-electron chi connectivity index (χ0n) is 11.2. The topological polar surface area (TPSA) is 70.2 Å². The molecule has 0 aliphatic carbocycles. The van der Waals surface area contributed by atoms with E-state index in [4.69, 9.17) is 0 Å². The molecule has 2 unspecified atom stereocenters. The van der Waals surface area contributed by atoms with E-state index in [9.17, 15) is 9.59 Å². The van der Waals surface area contributed by atoms with Gasteiger partial charge in [0.25, 0.3) is 0 Å². The first kappa shape index (κ1) is 13.4. The van der Waals surface area contributed by atoms with E-state index in [0.717, 1.165) is 11.3 Å². The molecule has 1 aliphatic heterocycles. The standard InChI is InChI=1S/C14H19N3O2/c1-9(13(18)15-2)17-14(19)11-7-10-5-3-4-6-12(10)16-8-11/h3-6,9,11,16H,7-8H2,1-2H3,(H,15,18)(H,17,19). The molecule has 0 saturated carbocycles. The first-order chi connectivity index (χ1) is 9.11. The summed E-state index contributed by atoms with van der Waals surface area (Å²) in [6, 6.07) is 7.46. The molecule has 1 aliphatic rings. The molecule has 0 radical (unpaired) electrons. The lowest BCUT2D eigenvalue weighted by Gasteiger charge is -2.26. The van der Waals surface area contributed by atoms with Crippen molar-refractivity contribution in [1.29, 1.82) is 0 Å². The number of benzene rings is 1. The molecule has 2 rings (SSSR count). The molecule has 0 spiro atoms. The van der Waals surface area contributed by atoms with Crippen LogP contribution in [-0.4, -0.2) is 31.4 Å². The van der Waals surface area contributed by atoms with Gasteiger partial charge in [-0.15, -0.1) is 0 Å². The number of hydrogen-bond donors (Lipinski definition) is 3. The lowest BCUT2D eigenvalue weighted by atomic mass is 9.93. The summed E-state index contributed by atoms with van der Waals surface area (Å²) in [5.74, 6) is -0.405. The number of anilines is 1. The second kappa shape index (κ2) is 5.73. The molecule has 5 heteroatoms. The highest BCUT2D eigenvalue weighted by atomic mass is 16.2. The van der Waals surface area contributed by atoms with Gasteiger partial charge in [-0.2, -0.15) is 0 Å². The van der Waals surface area contributed by atoms with Crippen LogP contribution in [0.2, 0.25) is 0 Å². The smallest absolute Gasteiger partial charge is 0.242 e. The molecule has 5 nitrogen and oxygen atoms in total. The molecule has 0 bridgehead atoms. The van der Waals surface area contributed by atoms with E-state index in [-0.39, 0.29) is 17.7 Å². The Balaban J connectivity index is 1.97. The van der Waals surface area contributed by atoms with Gasteiger partial charge in [-0.1, -0.05) is 18.2 Å². The first-order valence-corrected chi connectivity index (χ1v) is 6.45. The Morgan fingerprint density at radius 1 is 1.37 bits per heavy atom. The molecule has 0 aromatic heterocycles. The highest BCUT2D eigenvalue weighted by molar-refractivity contribution is 5.88. The van der Waals surface area contributed by atoms with Gasteiger partial charge in [0.05, 0.1) is 5.92 Å². The lowest BCUT2D eigenvalue weighted by molar-refractivity contribution is -0.130. The van der Waals surface area contributed by atoms with Gasteiger partial charge in [0, 0.05) is 19.3 Å². The molecular formula is C14H19N3O2. The Kier molecular flexibility index (Phi) is 4.04. The van der Waals surface area contributed by atoms with E-state index >= 15 is 0 Å². The van der Waals surface area contributed by atoms with Crippen LogP contribution < -0.4 is 16.0 Å². The van der Waals surface area contributed by atoms with Crippen molar-refractivity contribution in [3.8, 4) is 0 Å². The van der Waals surface area contributed by atoms with E-state index in [1.54, 1.807) is 14.0 Å². The molecule has 1 heterocycles. The zero-order chi connectivity index (χ0) is 13.8. The zero-order valence-corrected chi connectivity index (χ0v) is 11.2. The van der Waals surface area contributed by atoms with Crippen LogP contribution in [0.1, 0.15) is 12.5 Å². The van der Waals surface area contributed by atoms with Crippen molar-refractivity contribution >= 4 is 17.5 Å². The number of carbonyl (C=O) groups is 2. The maximum Gasteiger partial charge on any atom is 0.242 e. The van der Waals surface area contributed by atoms with Crippen LogP contribution in [0.5, 0.6) is 0 Å². The quantitative estimate of drug-likeness (QED) is 0.743. The number of carbonyl (C=O) groups excluding carboxylic acids is 2. The molecular weight excluding hydrogens is 242 g/mol. The van der Waals surface area contributed by atoms with Crippen LogP contribution in [0.25, 0.3) is 0 Å². The second-order valence-corrected chi connectivity index (χ2v) is 4.78. The van der Waals surface area contributed by atoms with E-state index in [1.807, 2.05) is 24.3 Å². The maximum atomic E-state index is 12.1. The number of likely N-dealkylation sites (N-methyl/N-ethyl adjacent to an activating group) is 1. The summed E-state index contributed by atoms with van der Waals surface area (Å²) in [7, 11) is 1.56. The van der Waals surface area contributed by atoms with Crippen LogP contribution in [0, 0.1) is 5.92 Å². The van der Waals surface area contributed by atoms with Crippen LogP contribution >= 0.6 is 0 Å². The van der Waals surface area contributed by atoms with E-state index in [1.165, 1.54) is 0 Å². The third kappa shape index (κ3) is 3.05. The predicted molar refractivity (Wildman–Crippen MR) is 73.8 cm³/mol. The summed E-state index contributed by atoms with van der Waals surface area (Å²) < 4.78 is 0. The van der Waals surface area contributed by atoms with Crippen molar-refractivity contribution in [1.82, 2.24) is 10.6 Å². The fraction of sp³-hybridized carbons (Fsp3) is 0.429. The number of fused-ring (bicyclic) bond motifs is 1. The predicted octanol–water partition coefficient (Wildman–Crippen LogP) is 0.522.